The van der Waals surface area contributed by atoms with Crippen LogP contribution in [0, 0.1) is 29.5 Å². The first kappa shape index (κ1) is 17.6. The zero-order valence-electron chi connectivity index (χ0n) is 15.8. The summed E-state index contributed by atoms with van der Waals surface area (Å²) in [5, 5.41) is 21.1. The summed E-state index contributed by atoms with van der Waals surface area (Å²) in [6, 6.07) is 6.61. The van der Waals surface area contributed by atoms with Gasteiger partial charge in [0.2, 0.25) is 5.91 Å². The molecule has 0 spiro atoms. The highest BCUT2D eigenvalue weighted by molar-refractivity contribution is 5.79. The van der Waals surface area contributed by atoms with Gasteiger partial charge in [0.05, 0.1) is 11.7 Å². The van der Waals surface area contributed by atoms with Gasteiger partial charge in [-0.25, -0.2) is 4.39 Å². The molecule has 4 nitrogen and oxygen atoms in total. The summed E-state index contributed by atoms with van der Waals surface area (Å²) in [7, 11) is 0. The zero-order valence-corrected chi connectivity index (χ0v) is 15.8. The molecule has 6 atom stereocenters. The van der Waals surface area contributed by atoms with Gasteiger partial charge in [-0.2, -0.15) is 0 Å². The van der Waals surface area contributed by atoms with E-state index in [0.717, 1.165) is 31.2 Å². The minimum atomic E-state index is -0.795. The maximum absolute atomic E-state index is 13.6. The van der Waals surface area contributed by atoms with Gasteiger partial charge in [0, 0.05) is 24.9 Å². The molecule has 4 saturated carbocycles. The topological polar surface area (TPSA) is 60.8 Å². The second-order valence-corrected chi connectivity index (χ2v) is 9.66. The SMILES string of the molecule is C[C@]1(O)C2CC3CC(C2)[C@@](CC(=O)N2CC(O)C2)(c2ccc(F)cc2)C1C3. The molecule has 1 aromatic rings. The van der Waals surface area contributed by atoms with Crippen LogP contribution in [0.1, 0.15) is 44.6 Å². The van der Waals surface area contributed by atoms with Crippen LogP contribution in [0.5, 0.6) is 0 Å². The maximum Gasteiger partial charge on any atom is 0.223 e. The third-order valence-corrected chi connectivity index (χ3v) is 8.30. The van der Waals surface area contributed by atoms with Crippen molar-refractivity contribution in [2.45, 2.75) is 56.1 Å². The predicted octanol–water partition coefficient (Wildman–Crippen LogP) is 2.47. The molecule has 4 aliphatic carbocycles. The number of hydrogen-bond acceptors (Lipinski definition) is 3. The van der Waals surface area contributed by atoms with Gasteiger partial charge in [-0.3, -0.25) is 4.79 Å². The van der Waals surface area contributed by atoms with E-state index >= 15 is 0 Å². The molecule has 1 aromatic carbocycles. The Labute approximate surface area is 159 Å². The minimum absolute atomic E-state index is 0.0156. The van der Waals surface area contributed by atoms with Crippen LogP contribution < -0.4 is 0 Å². The number of nitrogens with zero attached hydrogens (tertiary/aromatic N) is 1. The van der Waals surface area contributed by atoms with Crippen LogP contribution in [0.4, 0.5) is 4.39 Å². The van der Waals surface area contributed by atoms with Gasteiger partial charge in [0.1, 0.15) is 5.82 Å². The van der Waals surface area contributed by atoms with Gasteiger partial charge in [-0.1, -0.05) is 12.1 Å². The van der Waals surface area contributed by atoms with E-state index in [1.807, 2.05) is 19.1 Å². The quantitative estimate of drug-likeness (QED) is 0.856. The van der Waals surface area contributed by atoms with Gasteiger partial charge < -0.3 is 15.1 Å². The number of aliphatic hydroxyl groups excluding tert-OH is 1. The first-order chi connectivity index (χ1) is 12.8. The number of aliphatic hydroxyl groups is 2. The first-order valence-electron chi connectivity index (χ1n) is 10.2. The van der Waals surface area contributed by atoms with Gasteiger partial charge in [-0.05, 0) is 74.0 Å². The fraction of sp³-hybridized carbons (Fsp3) is 0.682. The Kier molecular flexibility index (Phi) is 3.77. The normalized spacial score (nSPS) is 43.0. The Morgan fingerprint density at radius 3 is 2.48 bits per heavy atom. The second kappa shape index (κ2) is 5.77. The van der Waals surface area contributed by atoms with Crippen molar-refractivity contribution in [3.05, 3.63) is 35.6 Å². The van der Waals surface area contributed by atoms with E-state index in [4.69, 9.17) is 0 Å². The number of hydrogen-bond donors (Lipinski definition) is 2. The van der Waals surface area contributed by atoms with Crippen molar-refractivity contribution in [1.82, 2.24) is 4.90 Å². The van der Waals surface area contributed by atoms with Crippen molar-refractivity contribution >= 4 is 5.91 Å². The van der Waals surface area contributed by atoms with E-state index < -0.39 is 17.1 Å². The number of benzene rings is 1. The Morgan fingerprint density at radius 1 is 1.15 bits per heavy atom. The third kappa shape index (κ3) is 2.44. The lowest BCUT2D eigenvalue weighted by Crippen LogP contribution is -2.68. The summed E-state index contributed by atoms with van der Waals surface area (Å²) >= 11 is 0. The summed E-state index contributed by atoms with van der Waals surface area (Å²) in [6.07, 6.45) is 3.98. The van der Waals surface area contributed by atoms with Crippen LogP contribution in [-0.4, -0.2) is 45.8 Å². The molecule has 0 aromatic heterocycles. The molecule has 6 rings (SSSR count). The molecular weight excluding hydrogens is 345 g/mol. The molecule has 1 amide bonds. The van der Waals surface area contributed by atoms with E-state index in [-0.39, 0.29) is 17.6 Å². The van der Waals surface area contributed by atoms with E-state index in [0.29, 0.717) is 37.3 Å². The van der Waals surface area contributed by atoms with Crippen LogP contribution in [0.3, 0.4) is 0 Å². The predicted molar refractivity (Wildman–Crippen MR) is 98.3 cm³/mol. The standard InChI is InChI=1S/C22H28FNO3/c1-21(27)15-6-13-7-16(9-15)22(19(21)8-13,14-2-4-17(23)5-3-14)10-20(26)24-11-18(25)12-24/h2-5,13,15-16,18-19,25,27H,6-12H2,1H3/t13?,15?,16?,19?,21-,22+/m0/s1. The molecule has 0 radical (unpaired) electrons. The largest absolute Gasteiger partial charge is 0.390 e. The molecule has 27 heavy (non-hydrogen) atoms. The lowest BCUT2D eigenvalue weighted by atomic mass is 9.39. The van der Waals surface area contributed by atoms with Crippen LogP contribution in [0.2, 0.25) is 0 Å². The van der Waals surface area contributed by atoms with Crippen molar-refractivity contribution in [2.75, 3.05) is 13.1 Å². The van der Waals surface area contributed by atoms with Crippen LogP contribution >= 0.6 is 0 Å². The number of carbonyl (C=O) groups is 1. The number of likely N-dealkylation sites (tertiary alicyclic amines) is 1. The van der Waals surface area contributed by atoms with E-state index in [1.54, 1.807) is 4.90 Å². The molecule has 5 aliphatic rings. The Balaban J connectivity index is 1.58. The van der Waals surface area contributed by atoms with E-state index in [1.165, 1.54) is 12.1 Å². The first-order valence-corrected chi connectivity index (χ1v) is 10.2. The molecule has 2 N–H and O–H groups in total. The van der Waals surface area contributed by atoms with Crippen molar-refractivity contribution in [2.24, 2.45) is 23.7 Å². The smallest absolute Gasteiger partial charge is 0.223 e. The van der Waals surface area contributed by atoms with Gasteiger partial charge in [0.25, 0.3) is 0 Å². The second-order valence-electron chi connectivity index (χ2n) is 9.66. The molecule has 1 heterocycles. The highest BCUT2D eigenvalue weighted by Gasteiger charge is 2.66. The van der Waals surface area contributed by atoms with Crippen molar-refractivity contribution in [1.29, 1.82) is 0 Å². The maximum atomic E-state index is 13.6. The molecule has 4 unspecified atom stereocenters. The number of rotatable bonds is 3. The van der Waals surface area contributed by atoms with Crippen LogP contribution in [0.25, 0.3) is 0 Å². The fourth-order valence-corrected chi connectivity index (χ4v) is 6.99. The molecule has 1 aliphatic heterocycles. The molecule has 146 valence electrons. The Hall–Kier alpha value is -1.46. The summed E-state index contributed by atoms with van der Waals surface area (Å²) < 4.78 is 13.6. The molecule has 5 heteroatoms. The average molecular weight is 373 g/mol. The Bertz CT molecular complexity index is 757. The number of carbonyl (C=O) groups excluding carboxylic acids is 1. The summed E-state index contributed by atoms with van der Waals surface area (Å²) in [5.74, 6) is 1.07. The number of amides is 1. The number of β-amino-alcohol motifs (C(OH)–C–C–N with tert-alkyl or cyclic N) is 1. The van der Waals surface area contributed by atoms with Crippen LogP contribution in [-0.2, 0) is 10.2 Å². The average Bonchev–Trinajstić information content (AvgIpc) is 2.60. The fourth-order valence-electron chi connectivity index (χ4n) is 6.99. The third-order valence-electron chi connectivity index (χ3n) is 8.30. The van der Waals surface area contributed by atoms with Crippen molar-refractivity contribution in [3.63, 3.8) is 0 Å². The van der Waals surface area contributed by atoms with E-state index in [2.05, 4.69) is 0 Å². The summed E-state index contributed by atoms with van der Waals surface area (Å²) in [5.41, 5.74) is -0.244. The molecule has 5 fully saturated rings. The van der Waals surface area contributed by atoms with Gasteiger partial charge in [0.15, 0.2) is 0 Å². The van der Waals surface area contributed by atoms with Gasteiger partial charge in [-0.15, -0.1) is 0 Å². The monoisotopic (exact) mass is 373 g/mol. The van der Waals surface area contributed by atoms with Gasteiger partial charge >= 0.3 is 0 Å². The Morgan fingerprint density at radius 2 is 1.81 bits per heavy atom. The lowest BCUT2D eigenvalue weighted by molar-refractivity contribution is -0.207. The highest BCUT2D eigenvalue weighted by atomic mass is 19.1. The van der Waals surface area contributed by atoms with Crippen LogP contribution in [0.15, 0.2) is 24.3 Å². The lowest BCUT2D eigenvalue weighted by Gasteiger charge is -2.67. The number of halogens is 1. The van der Waals surface area contributed by atoms with Crippen molar-refractivity contribution < 1.29 is 19.4 Å². The highest BCUT2D eigenvalue weighted by Crippen LogP contribution is 2.67. The minimum Gasteiger partial charge on any atom is -0.390 e. The molecule has 1 saturated heterocycles. The summed E-state index contributed by atoms with van der Waals surface area (Å²) in [4.78, 5) is 14.8. The van der Waals surface area contributed by atoms with E-state index in [9.17, 15) is 19.4 Å². The summed E-state index contributed by atoms with van der Waals surface area (Å²) in [6.45, 7) is 2.75. The molecular formula is C22H28FNO3. The zero-order chi connectivity index (χ0) is 19.0. The molecule has 4 bridgehead atoms. The van der Waals surface area contributed by atoms with Crippen molar-refractivity contribution in [3.8, 4) is 0 Å².